The first kappa shape index (κ1) is 23.3. The van der Waals surface area contributed by atoms with Gasteiger partial charge in [0.15, 0.2) is 0 Å². The molecule has 0 aromatic heterocycles. The Morgan fingerprint density at radius 2 is 1.45 bits per heavy atom. The van der Waals surface area contributed by atoms with Crippen LogP contribution in [0.5, 0.6) is 5.75 Å². The van der Waals surface area contributed by atoms with Gasteiger partial charge in [-0.05, 0) is 23.8 Å². The zero-order valence-electron chi connectivity index (χ0n) is 18.8. The number of para-hydroxylation sites is 2. The van der Waals surface area contributed by atoms with Gasteiger partial charge in [0, 0.05) is 56.9 Å². The third-order valence-electron chi connectivity index (χ3n) is 5.91. The highest BCUT2D eigenvalue weighted by atomic mass is 35.5. The summed E-state index contributed by atoms with van der Waals surface area (Å²) in [5.41, 5.74) is 3.00. The third kappa shape index (κ3) is 6.81. The van der Waals surface area contributed by atoms with Crippen molar-refractivity contribution in [3.63, 3.8) is 0 Å². The molecule has 0 spiro atoms. The van der Waals surface area contributed by atoms with Gasteiger partial charge in [-0.3, -0.25) is 9.69 Å². The maximum absolute atomic E-state index is 12.6. The molecule has 172 valence electrons. The molecule has 5 nitrogen and oxygen atoms in total. The minimum atomic E-state index is 0.0500. The van der Waals surface area contributed by atoms with Crippen LogP contribution in [0.15, 0.2) is 78.9 Å². The van der Waals surface area contributed by atoms with Gasteiger partial charge in [0.25, 0.3) is 0 Å². The van der Waals surface area contributed by atoms with E-state index in [4.69, 9.17) is 16.3 Å². The molecule has 1 aliphatic heterocycles. The Labute approximate surface area is 200 Å². The van der Waals surface area contributed by atoms with Crippen LogP contribution in [0.4, 0.5) is 5.69 Å². The number of nitrogens with zero attached hydrogens (tertiary/aromatic N) is 2. The number of carbonyl (C=O) groups excluding carboxylic acids is 1. The normalized spacial score (nSPS) is 14.7. The standard InChI is InChI=1S/C27H30ClN3O2/c28-24-11-5-7-13-26(24)33-21-20-31-18-16-30(17-19-31)15-14-27(32)29-25-12-6-4-10-23(25)22-8-2-1-3-9-22/h1-13H,14-21H2,(H,29,32). The Kier molecular flexibility index (Phi) is 8.36. The van der Waals surface area contributed by atoms with E-state index in [2.05, 4.69) is 27.2 Å². The number of ether oxygens (including phenoxy) is 1. The Morgan fingerprint density at radius 3 is 2.21 bits per heavy atom. The van der Waals surface area contributed by atoms with Crippen LogP contribution in [0.3, 0.4) is 0 Å². The van der Waals surface area contributed by atoms with Crippen molar-refractivity contribution in [2.75, 3.05) is 51.2 Å². The molecular weight excluding hydrogens is 434 g/mol. The molecule has 1 aliphatic rings. The summed E-state index contributed by atoms with van der Waals surface area (Å²) in [6, 6.07) is 25.6. The summed E-state index contributed by atoms with van der Waals surface area (Å²) in [5, 5.41) is 3.75. The molecule has 4 rings (SSSR count). The van der Waals surface area contributed by atoms with Crippen LogP contribution in [-0.2, 0) is 4.79 Å². The van der Waals surface area contributed by atoms with E-state index in [-0.39, 0.29) is 5.91 Å². The van der Waals surface area contributed by atoms with Gasteiger partial charge in [-0.2, -0.15) is 0 Å². The first-order valence-corrected chi connectivity index (χ1v) is 11.8. The Hall–Kier alpha value is -2.86. The average Bonchev–Trinajstić information content (AvgIpc) is 2.86. The number of amides is 1. The number of hydrogen-bond donors (Lipinski definition) is 1. The lowest BCUT2D eigenvalue weighted by Gasteiger charge is -2.34. The summed E-state index contributed by atoms with van der Waals surface area (Å²) in [6.07, 6.45) is 0.485. The first-order valence-electron chi connectivity index (χ1n) is 11.5. The number of halogens is 1. The van der Waals surface area contributed by atoms with Crippen molar-refractivity contribution in [1.82, 2.24) is 9.80 Å². The predicted molar refractivity (Wildman–Crippen MR) is 135 cm³/mol. The fraction of sp³-hybridized carbons (Fsp3) is 0.296. The number of carbonyl (C=O) groups is 1. The molecule has 6 heteroatoms. The molecule has 1 fully saturated rings. The number of hydrogen-bond acceptors (Lipinski definition) is 4. The van der Waals surface area contributed by atoms with E-state index in [1.807, 2.05) is 66.7 Å². The van der Waals surface area contributed by atoms with Gasteiger partial charge in [-0.1, -0.05) is 72.3 Å². The van der Waals surface area contributed by atoms with Crippen LogP contribution in [0.1, 0.15) is 6.42 Å². The second kappa shape index (κ2) is 11.8. The molecule has 0 saturated carbocycles. The summed E-state index contributed by atoms with van der Waals surface area (Å²) in [7, 11) is 0. The maximum Gasteiger partial charge on any atom is 0.225 e. The van der Waals surface area contributed by atoms with E-state index >= 15 is 0 Å². The first-order chi connectivity index (χ1) is 16.2. The number of rotatable bonds is 9. The topological polar surface area (TPSA) is 44.8 Å². The molecule has 0 bridgehead atoms. The van der Waals surface area contributed by atoms with Gasteiger partial charge in [0.2, 0.25) is 5.91 Å². The van der Waals surface area contributed by atoms with Crippen LogP contribution in [0, 0.1) is 0 Å². The lowest BCUT2D eigenvalue weighted by Crippen LogP contribution is -2.48. The fourth-order valence-electron chi connectivity index (χ4n) is 4.02. The predicted octanol–water partition coefficient (Wildman–Crippen LogP) is 5.03. The van der Waals surface area contributed by atoms with Crippen molar-refractivity contribution < 1.29 is 9.53 Å². The van der Waals surface area contributed by atoms with Crippen LogP contribution >= 0.6 is 11.6 Å². The lowest BCUT2D eigenvalue weighted by atomic mass is 10.0. The van der Waals surface area contributed by atoms with E-state index in [1.54, 1.807) is 0 Å². The number of benzene rings is 3. The highest BCUT2D eigenvalue weighted by Crippen LogP contribution is 2.27. The largest absolute Gasteiger partial charge is 0.491 e. The zero-order chi connectivity index (χ0) is 22.9. The molecule has 0 aliphatic carbocycles. The van der Waals surface area contributed by atoms with E-state index in [1.165, 1.54) is 0 Å². The Balaban J connectivity index is 1.18. The van der Waals surface area contributed by atoms with E-state index in [0.717, 1.165) is 61.8 Å². The minimum absolute atomic E-state index is 0.0500. The van der Waals surface area contributed by atoms with E-state index in [0.29, 0.717) is 18.1 Å². The molecule has 1 N–H and O–H groups in total. The number of anilines is 1. The van der Waals surface area contributed by atoms with Crippen molar-refractivity contribution in [3.8, 4) is 16.9 Å². The molecule has 3 aromatic rings. The molecule has 1 saturated heterocycles. The third-order valence-corrected chi connectivity index (χ3v) is 6.22. The smallest absolute Gasteiger partial charge is 0.225 e. The molecule has 1 amide bonds. The van der Waals surface area contributed by atoms with Gasteiger partial charge in [0.1, 0.15) is 12.4 Å². The van der Waals surface area contributed by atoms with Crippen molar-refractivity contribution in [2.24, 2.45) is 0 Å². The van der Waals surface area contributed by atoms with Gasteiger partial charge < -0.3 is 15.0 Å². The summed E-state index contributed by atoms with van der Waals surface area (Å²) >= 11 is 6.14. The highest BCUT2D eigenvalue weighted by molar-refractivity contribution is 6.32. The average molecular weight is 464 g/mol. The molecule has 3 aromatic carbocycles. The van der Waals surface area contributed by atoms with Crippen molar-refractivity contribution >= 4 is 23.2 Å². The van der Waals surface area contributed by atoms with Gasteiger partial charge in [0.05, 0.1) is 5.02 Å². The summed E-state index contributed by atoms with van der Waals surface area (Å²) in [4.78, 5) is 17.4. The molecule has 33 heavy (non-hydrogen) atoms. The van der Waals surface area contributed by atoms with Gasteiger partial charge >= 0.3 is 0 Å². The van der Waals surface area contributed by atoms with E-state index < -0.39 is 0 Å². The molecule has 0 radical (unpaired) electrons. The lowest BCUT2D eigenvalue weighted by molar-refractivity contribution is -0.116. The highest BCUT2D eigenvalue weighted by Gasteiger charge is 2.18. The molecule has 0 atom stereocenters. The summed E-state index contributed by atoms with van der Waals surface area (Å²) in [6.45, 7) is 6.13. The maximum atomic E-state index is 12.6. The van der Waals surface area contributed by atoms with Gasteiger partial charge in [-0.25, -0.2) is 0 Å². The second-order valence-electron chi connectivity index (χ2n) is 8.17. The van der Waals surface area contributed by atoms with Gasteiger partial charge in [-0.15, -0.1) is 0 Å². The quantitative estimate of drug-likeness (QED) is 0.483. The number of piperazine rings is 1. The molecule has 1 heterocycles. The van der Waals surface area contributed by atoms with Crippen molar-refractivity contribution in [1.29, 1.82) is 0 Å². The molecular formula is C27H30ClN3O2. The van der Waals surface area contributed by atoms with Crippen LogP contribution in [0.25, 0.3) is 11.1 Å². The Morgan fingerprint density at radius 1 is 0.818 bits per heavy atom. The monoisotopic (exact) mass is 463 g/mol. The summed E-state index contributed by atoms with van der Waals surface area (Å²) < 4.78 is 5.80. The van der Waals surface area contributed by atoms with Crippen LogP contribution < -0.4 is 10.1 Å². The SMILES string of the molecule is O=C(CCN1CCN(CCOc2ccccc2Cl)CC1)Nc1ccccc1-c1ccccc1. The van der Waals surface area contributed by atoms with Crippen LogP contribution in [0.2, 0.25) is 5.02 Å². The zero-order valence-corrected chi connectivity index (χ0v) is 19.5. The minimum Gasteiger partial charge on any atom is -0.491 e. The van der Waals surface area contributed by atoms with E-state index in [9.17, 15) is 4.79 Å². The Bertz CT molecular complexity index is 1040. The molecule has 0 unspecified atom stereocenters. The summed E-state index contributed by atoms with van der Waals surface area (Å²) in [5.74, 6) is 0.784. The number of nitrogens with one attached hydrogen (secondary N) is 1. The fourth-order valence-corrected chi connectivity index (χ4v) is 4.21. The van der Waals surface area contributed by atoms with Crippen molar-refractivity contribution in [3.05, 3.63) is 83.9 Å². The second-order valence-corrected chi connectivity index (χ2v) is 8.58. The van der Waals surface area contributed by atoms with Crippen molar-refractivity contribution in [2.45, 2.75) is 6.42 Å². The van der Waals surface area contributed by atoms with Crippen LogP contribution in [-0.4, -0.2) is 61.6 Å².